The third kappa shape index (κ3) is 4.14. The Labute approximate surface area is 150 Å². The molecule has 1 saturated heterocycles. The Morgan fingerprint density at radius 1 is 1.12 bits per heavy atom. The van der Waals surface area contributed by atoms with E-state index in [9.17, 15) is 13.2 Å². The fraction of sp³-hybridized carbons (Fsp3) is 0.588. The van der Waals surface area contributed by atoms with Crippen molar-refractivity contribution >= 4 is 5.69 Å². The molecule has 142 valence electrons. The quantitative estimate of drug-likeness (QED) is 0.888. The number of alkyl halides is 3. The highest BCUT2D eigenvalue weighted by atomic mass is 19.4. The van der Waals surface area contributed by atoms with Crippen LogP contribution in [0.25, 0.3) is 0 Å². The van der Waals surface area contributed by atoms with Crippen molar-refractivity contribution in [3.8, 4) is 0 Å². The first-order chi connectivity index (χ1) is 12.1. The summed E-state index contributed by atoms with van der Waals surface area (Å²) in [7, 11) is 0. The SMILES string of the molecule is CC(C)(C)n1nnnc1C[NH+]1CCN(c2cccc(C(F)(F)F)c2)CC1. The Morgan fingerprint density at radius 2 is 1.81 bits per heavy atom. The number of quaternary nitrogens is 1. The van der Waals surface area contributed by atoms with Crippen LogP contribution in [-0.4, -0.2) is 46.4 Å². The van der Waals surface area contributed by atoms with E-state index in [1.807, 2.05) is 30.4 Å². The Bertz CT molecular complexity index is 741. The average Bonchev–Trinajstić information content (AvgIpc) is 3.03. The zero-order valence-corrected chi connectivity index (χ0v) is 15.2. The lowest BCUT2D eigenvalue weighted by Gasteiger charge is -2.34. The summed E-state index contributed by atoms with van der Waals surface area (Å²) < 4.78 is 40.5. The molecule has 3 rings (SSSR count). The van der Waals surface area contributed by atoms with Gasteiger partial charge in [0.2, 0.25) is 5.82 Å². The highest BCUT2D eigenvalue weighted by Crippen LogP contribution is 2.31. The van der Waals surface area contributed by atoms with Crippen molar-refractivity contribution in [2.45, 2.75) is 39.0 Å². The minimum atomic E-state index is -4.31. The van der Waals surface area contributed by atoms with Gasteiger partial charge in [0.25, 0.3) is 0 Å². The van der Waals surface area contributed by atoms with Gasteiger partial charge in [0.15, 0.2) is 0 Å². The fourth-order valence-electron chi connectivity index (χ4n) is 3.20. The van der Waals surface area contributed by atoms with Crippen LogP contribution < -0.4 is 9.80 Å². The highest BCUT2D eigenvalue weighted by molar-refractivity contribution is 5.49. The fourth-order valence-corrected chi connectivity index (χ4v) is 3.20. The molecule has 0 radical (unpaired) electrons. The number of aromatic nitrogens is 4. The van der Waals surface area contributed by atoms with Gasteiger partial charge < -0.3 is 9.80 Å². The van der Waals surface area contributed by atoms with Crippen LogP contribution in [0.4, 0.5) is 18.9 Å². The van der Waals surface area contributed by atoms with Crippen LogP contribution >= 0.6 is 0 Å². The Balaban J connectivity index is 1.63. The van der Waals surface area contributed by atoms with Crippen molar-refractivity contribution < 1.29 is 18.1 Å². The van der Waals surface area contributed by atoms with Crippen molar-refractivity contribution in [1.29, 1.82) is 0 Å². The van der Waals surface area contributed by atoms with Crippen molar-refractivity contribution in [2.24, 2.45) is 0 Å². The van der Waals surface area contributed by atoms with Crippen molar-refractivity contribution in [2.75, 3.05) is 31.1 Å². The van der Waals surface area contributed by atoms with E-state index in [4.69, 9.17) is 0 Å². The zero-order valence-electron chi connectivity index (χ0n) is 15.2. The molecule has 26 heavy (non-hydrogen) atoms. The van der Waals surface area contributed by atoms with Gasteiger partial charge in [-0.3, -0.25) is 0 Å². The molecule has 9 heteroatoms. The first-order valence-electron chi connectivity index (χ1n) is 8.68. The summed E-state index contributed by atoms with van der Waals surface area (Å²) in [6.45, 7) is 9.91. The molecule has 1 aromatic carbocycles. The molecule has 1 aliphatic rings. The lowest BCUT2D eigenvalue weighted by atomic mass is 10.1. The predicted octanol–water partition coefficient (Wildman–Crippen LogP) is 1.35. The van der Waals surface area contributed by atoms with E-state index in [1.165, 1.54) is 17.0 Å². The molecule has 0 saturated carbocycles. The highest BCUT2D eigenvalue weighted by Gasteiger charge is 2.31. The van der Waals surface area contributed by atoms with Crippen LogP contribution in [0.15, 0.2) is 24.3 Å². The van der Waals surface area contributed by atoms with Crippen molar-refractivity contribution in [3.05, 3.63) is 35.7 Å². The van der Waals surface area contributed by atoms with Crippen molar-refractivity contribution in [1.82, 2.24) is 20.2 Å². The second-order valence-corrected chi connectivity index (χ2v) is 7.64. The number of hydrogen-bond acceptors (Lipinski definition) is 4. The van der Waals surface area contributed by atoms with E-state index in [1.54, 1.807) is 6.07 Å². The van der Waals surface area contributed by atoms with Crippen LogP contribution in [0.3, 0.4) is 0 Å². The lowest BCUT2D eigenvalue weighted by Crippen LogP contribution is -3.13. The number of halogens is 3. The molecule has 0 spiro atoms. The summed E-state index contributed by atoms with van der Waals surface area (Å²) >= 11 is 0. The van der Waals surface area contributed by atoms with Crippen LogP contribution in [0.5, 0.6) is 0 Å². The maximum atomic E-state index is 12.9. The number of hydrogen-bond donors (Lipinski definition) is 1. The maximum absolute atomic E-state index is 12.9. The van der Waals surface area contributed by atoms with E-state index in [0.717, 1.165) is 25.0 Å². The number of nitrogens with zero attached hydrogens (tertiary/aromatic N) is 5. The molecule has 0 atom stereocenters. The summed E-state index contributed by atoms with van der Waals surface area (Å²) in [6, 6.07) is 5.54. The Morgan fingerprint density at radius 3 is 2.42 bits per heavy atom. The molecule has 0 amide bonds. The smallest absolute Gasteiger partial charge is 0.360 e. The van der Waals surface area contributed by atoms with Gasteiger partial charge in [-0.15, -0.1) is 5.10 Å². The van der Waals surface area contributed by atoms with Crippen LogP contribution in [-0.2, 0) is 18.3 Å². The van der Waals surface area contributed by atoms with Gasteiger partial charge in [-0.05, 0) is 49.4 Å². The summed E-state index contributed by atoms with van der Waals surface area (Å²) in [5.41, 5.74) is -0.162. The molecule has 2 heterocycles. The zero-order chi connectivity index (χ0) is 18.9. The average molecular weight is 369 g/mol. The molecule has 2 aromatic rings. The minimum absolute atomic E-state index is 0.182. The molecular formula is C17H24F3N6+. The molecule has 6 nitrogen and oxygen atoms in total. The van der Waals surface area contributed by atoms with Crippen LogP contribution in [0, 0.1) is 0 Å². The molecule has 0 bridgehead atoms. The molecule has 1 fully saturated rings. The standard InChI is InChI=1S/C17H23F3N6/c1-16(2,3)26-15(21-22-23-26)12-24-7-9-25(10-8-24)14-6-4-5-13(11-14)17(18,19)20/h4-6,11H,7-10,12H2,1-3H3/p+1. The lowest BCUT2D eigenvalue weighted by molar-refractivity contribution is -0.915. The van der Waals surface area contributed by atoms with Crippen LogP contribution in [0.2, 0.25) is 0 Å². The van der Waals surface area contributed by atoms with Gasteiger partial charge in [-0.1, -0.05) is 6.07 Å². The molecule has 1 aromatic heterocycles. The first-order valence-corrected chi connectivity index (χ1v) is 8.68. The van der Waals surface area contributed by atoms with Crippen LogP contribution in [0.1, 0.15) is 32.2 Å². The third-order valence-electron chi connectivity index (χ3n) is 4.59. The Kier molecular flexibility index (Phi) is 4.92. The van der Waals surface area contributed by atoms with E-state index < -0.39 is 11.7 Å². The largest absolute Gasteiger partial charge is 0.416 e. The summed E-state index contributed by atoms with van der Waals surface area (Å²) in [4.78, 5) is 3.33. The summed E-state index contributed by atoms with van der Waals surface area (Å²) in [6.07, 6.45) is -4.31. The third-order valence-corrected chi connectivity index (χ3v) is 4.59. The number of benzene rings is 1. The molecule has 1 N–H and O–H groups in total. The van der Waals surface area contributed by atoms with Gasteiger partial charge in [0, 0.05) is 5.69 Å². The second kappa shape index (κ2) is 6.86. The van der Waals surface area contributed by atoms with E-state index in [0.29, 0.717) is 25.3 Å². The number of nitrogens with one attached hydrogen (secondary N) is 1. The molecule has 0 unspecified atom stereocenters. The number of anilines is 1. The van der Waals surface area contributed by atoms with Crippen molar-refractivity contribution in [3.63, 3.8) is 0 Å². The van der Waals surface area contributed by atoms with Gasteiger partial charge >= 0.3 is 6.18 Å². The molecular weight excluding hydrogens is 345 g/mol. The number of piperazine rings is 1. The predicted molar refractivity (Wildman–Crippen MR) is 90.9 cm³/mol. The van der Waals surface area contributed by atoms with Gasteiger partial charge in [0.1, 0.15) is 6.54 Å². The summed E-state index contributed by atoms with van der Waals surface area (Å²) in [5.74, 6) is 0.833. The van der Waals surface area contributed by atoms with Gasteiger partial charge in [0.05, 0.1) is 37.3 Å². The summed E-state index contributed by atoms with van der Waals surface area (Å²) in [5, 5.41) is 12.0. The number of tetrazole rings is 1. The van der Waals surface area contributed by atoms with E-state index in [2.05, 4.69) is 15.5 Å². The first kappa shape index (κ1) is 18.6. The molecule has 0 aliphatic carbocycles. The monoisotopic (exact) mass is 369 g/mol. The topological polar surface area (TPSA) is 51.3 Å². The molecule has 1 aliphatic heterocycles. The normalized spacial score (nSPS) is 16.9. The number of rotatable bonds is 3. The minimum Gasteiger partial charge on any atom is -0.360 e. The maximum Gasteiger partial charge on any atom is 0.416 e. The van der Waals surface area contributed by atoms with Gasteiger partial charge in [-0.25, -0.2) is 4.68 Å². The van der Waals surface area contributed by atoms with E-state index in [-0.39, 0.29) is 5.54 Å². The van der Waals surface area contributed by atoms with Gasteiger partial charge in [-0.2, -0.15) is 13.2 Å². The second-order valence-electron chi connectivity index (χ2n) is 7.64. The van der Waals surface area contributed by atoms with E-state index >= 15 is 0 Å². The Hall–Kier alpha value is -2.16.